The van der Waals surface area contributed by atoms with Crippen LogP contribution in [0.4, 0.5) is 11.5 Å². The van der Waals surface area contributed by atoms with Crippen LogP contribution < -0.4 is 14.9 Å². The first-order valence-electron chi connectivity index (χ1n) is 8.50. The molecule has 2 aromatic carbocycles. The maximum Gasteiger partial charge on any atom is 0.287 e. The average Bonchev–Trinajstić information content (AvgIpc) is 2.74. The molecule has 0 spiro atoms. The molecule has 1 heterocycles. The number of benzene rings is 2. The van der Waals surface area contributed by atoms with Crippen molar-refractivity contribution >= 4 is 29.3 Å². The summed E-state index contributed by atoms with van der Waals surface area (Å²) in [5, 5.41) is 15.3. The van der Waals surface area contributed by atoms with E-state index >= 15 is 0 Å². The summed E-state index contributed by atoms with van der Waals surface area (Å²) < 4.78 is 11.2. The number of hydrogen-bond acceptors (Lipinski definition) is 7. The molecule has 0 atom stereocenters. The van der Waals surface area contributed by atoms with E-state index in [1.54, 1.807) is 25.5 Å². The molecule has 29 heavy (non-hydrogen) atoms. The molecule has 0 radical (unpaired) electrons. The molecular weight excluding hydrogens is 396 g/mol. The second-order valence-electron chi connectivity index (χ2n) is 5.82. The number of pyridine rings is 1. The maximum atomic E-state index is 10.6. The van der Waals surface area contributed by atoms with Gasteiger partial charge in [0.2, 0.25) is 0 Å². The number of nitro groups is 1. The third kappa shape index (κ3) is 5.43. The van der Waals surface area contributed by atoms with Crippen molar-refractivity contribution in [1.82, 2.24) is 4.98 Å². The number of nitrogens with one attached hydrogen (secondary N) is 1. The Morgan fingerprint density at radius 2 is 2.03 bits per heavy atom. The molecule has 3 aromatic rings. The minimum absolute atomic E-state index is 0.0864. The van der Waals surface area contributed by atoms with Crippen molar-refractivity contribution in [3.63, 3.8) is 0 Å². The molecule has 0 unspecified atom stereocenters. The van der Waals surface area contributed by atoms with Crippen LogP contribution in [-0.2, 0) is 6.61 Å². The van der Waals surface area contributed by atoms with Crippen LogP contribution in [0.25, 0.3) is 0 Å². The summed E-state index contributed by atoms with van der Waals surface area (Å²) in [4.78, 5) is 14.0. The highest BCUT2D eigenvalue weighted by Crippen LogP contribution is 2.29. The van der Waals surface area contributed by atoms with E-state index < -0.39 is 4.92 Å². The Morgan fingerprint density at radius 1 is 1.21 bits per heavy atom. The van der Waals surface area contributed by atoms with Gasteiger partial charge in [0.05, 0.1) is 18.2 Å². The number of ether oxygens (including phenoxy) is 2. The third-order valence-electron chi connectivity index (χ3n) is 3.88. The van der Waals surface area contributed by atoms with Crippen LogP contribution in [0.3, 0.4) is 0 Å². The highest BCUT2D eigenvalue weighted by Gasteiger charge is 2.07. The van der Waals surface area contributed by atoms with Gasteiger partial charge in [0, 0.05) is 16.7 Å². The van der Waals surface area contributed by atoms with Crippen molar-refractivity contribution in [2.45, 2.75) is 6.61 Å². The number of rotatable bonds is 8. The summed E-state index contributed by atoms with van der Waals surface area (Å²) in [6.07, 6.45) is 2.73. The lowest BCUT2D eigenvalue weighted by atomic mass is 10.2. The summed E-state index contributed by atoms with van der Waals surface area (Å²) in [5.74, 6) is 1.52. The largest absolute Gasteiger partial charge is 0.493 e. The highest BCUT2D eigenvalue weighted by atomic mass is 35.5. The van der Waals surface area contributed by atoms with Crippen molar-refractivity contribution < 1.29 is 14.4 Å². The molecule has 1 N–H and O–H groups in total. The lowest BCUT2D eigenvalue weighted by molar-refractivity contribution is -0.385. The monoisotopic (exact) mass is 412 g/mol. The van der Waals surface area contributed by atoms with Gasteiger partial charge in [-0.15, -0.1) is 0 Å². The fourth-order valence-corrected chi connectivity index (χ4v) is 2.58. The Morgan fingerprint density at radius 3 is 2.72 bits per heavy atom. The van der Waals surface area contributed by atoms with Gasteiger partial charge in [-0.3, -0.25) is 15.5 Å². The first-order chi connectivity index (χ1) is 14.1. The van der Waals surface area contributed by atoms with Gasteiger partial charge >= 0.3 is 0 Å². The van der Waals surface area contributed by atoms with E-state index in [2.05, 4.69) is 15.5 Å². The van der Waals surface area contributed by atoms with Crippen molar-refractivity contribution in [1.29, 1.82) is 0 Å². The Labute approximate surface area is 171 Å². The molecule has 148 valence electrons. The molecule has 0 bridgehead atoms. The van der Waals surface area contributed by atoms with Crippen LogP contribution in [0.2, 0.25) is 5.02 Å². The van der Waals surface area contributed by atoms with Crippen molar-refractivity contribution in [3.05, 3.63) is 87.1 Å². The number of aromatic nitrogens is 1. The predicted octanol–water partition coefficient (Wildman–Crippen LogP) is 4.68. The lowest BCUT2D eigenvalue weighted by Crippen LogP contribution is -1.99. The van der Waals surface area contributed by atoms with Crippen LogP contribution in [0.5, 0.6) is 11.5 Å². The normalized spacial score (nSPS) is 10.7. The summed E-state index contributed by atoms with van der Waals surface area (Å²) in [6.45, 7) is 0.316. The van der Waals surface area contributed by atoms with Crippen LogP contribution in [0.1, 0.15) is 11.1 Å². The van der Waals surface area contributed by atoms with Crippen molar-refractivity contribution in [3.8, 4) is 11.5 Å². The van der Waals surface area contributed by atoms with Crippen LogP contribution in [-0.4, -0.2) is 23.2 Å². The third-order valence-corrected chi connectivity index (χ3v) is 4.25. The molecule has 0 aliphatic heterocycles. The number of anilines is 1. The molecule has 0 saturated heterocycles. The minimum atomic E-state index is -0.512. The molecule has 1 aromatic heterocycles. The first-order valence-corrected chi connectivity index (χ1v) is 8.88. The fraction of sp³-hybridized carbons (Fsp3) is 0.100. The number of hydrazone groups is 1. The molecule has 0 aliphatic rings. The van der Waals surface area contributed by atoms with E-state index in [9.17, 15) is 10.1 Å². The van der Waals surface area contributed by atoms with Gasteiger partial charge in [0.1, 0.15) is 18.6 Å². The molecule has 0 saturated carbocycles. The predicted molar refractivity (Wildman–Crippen MR) is 111 cm³/mol. The molecular formula is C20H17ClN4O4. The lowest BCUT2D eigenvalue weighted by Gasteiger charge is -2.12. The van der Waals surface area contributed by atoms with Crippen molar-refractivity contribution in [2.24, 2.45) is 5.10 Å². The van der Waals surface area contributed by atoms with Gasteiger partial charge in [-0.05, 0) is 35.9 Å². The van der Waals surface area contributed by atoms with Crippen LogP contribution in [0.15, 0.2) is 65.9 Å². The summed E-state index contributed by atoms with van der Waals surface area (Å²) in [6, 6.07) is 15.7. The summed E-state index contributed by atoms with van der Waals surface area (Å²) in [5.41, 5.74) is 4.27. The zero-order valence-electron chi connectivity index (χ0n) is 15.4. The topological polar surface area (TPSA) is 98.9 Å². The first kappa shape index (κ1) is 20.1. The van der Waals surface area contributed by atoms with Crippen LogP contribution in [0, 0.1) is 10.1 Å². The van der Waals surface area contributed by atoms with Gasteiger partial charge in [0.25, 0.3) is 5.69 Å². The van der Waals surface area contributed by atoms with E-state index in [1.807, 2.05) is 30.3 Å². The molecule has 8 nitrogen and oxygen atoms in total. The van der Waals surface area contributed by atoms with E-state index in [0.29, 0.717) is 28.9 Å². The number of hydrogen-bond donors (Lipinski definition) is 1. The van der Waals surface area contributed by atoms with Gasteiger partial charge in [-0.2, -0.15) is 5.10 Å². The van der Waals surface area contributed by atoms with Gasteiger partial charge < -0.3 is 9.47 Å². The SMILES string of the molecule is COc1cc(/C=N/Nc2ccc([N+](=O)[O-])cn2)ccc1OCc1ccccc1Cl. The number of nitrogens with zero attached hydrogens (tertiary/aromatic N) is 3. The summed E-state index contributed by atoms with van der Waals surface area (Å²) >= 11 is 6.15. The standard InChI is InChI=1S/C20H17ClN4O4/c1-28-19-10-14(11-23-24-20-9-7-16(12-22-20)25(26)27)6-8-18(19)29-13-15-4-2-3-5-17(15)21/h2-12H,13H2,1H3,(H,22,24)/b23-11+. The quantitative estimate of drug-likeness (QED) is 0.327. The van der Waals surface area contributed by atoms with E-state index in [-0.39, 0.29) is 5.69 Å². The second-order valence-corrected chi connectivity index (χ2v) is 6.23. The Bertz CT molecular complexity index is 1030. The van der Waals surface area contributed by atoms with Gasteiger partial charge in [-0.1, -0.05) is 29.8 Å². The zero-order valence-corrected chi connectivity index (χ0v) is 16.2. The second kappa shape index (κ2) is 9.52. The fourth-order valence-electron chi connectivity index (χ4n) is 2.39. The van der Waals surface area contributed by atoms with Crippen LogP contribution >= 0.6 is 11.6 Å². The molecule has 3 rings (SSSR count). The van der Waals surface area contributed by atoms with E-state index in [0.717, 1.165) is 17.3 Å². The number of halogens is 1. The Kier molecular flexibility index (Phi) is 6.59. The van der Waals surface area contributed by atoms with E-state index in [1.165, 1.54) is 12.1 Å². The average molecular weight is 413 g/mol. The Balaban J connectivity index is 1.64. The van der Waals surface area contributed by atoms with Gasteiger partial charge in [0.15, 0.2) is 11.5 Å². The number of methoxy groups -OCH3 is 1. The highest BCUT2D eigenvalue weighted by molar-refractivity contribution is 6.31. The van der Waals surface area contributed by atoms with Crippen molar-refractivity contribution in [2.75, 3.05) is 12.5 Å². The minimum Gasteiger partial charge on any atom is -0.493 e. The van der Waals surface area contributed by atoms with E-state index in [4.69, 9.17) is 21.1 Å². The smallest absolute Gasteiger partial charge is 0.287 e. The van der Waals surface area contributed by atoms with Gasteiger partial charge in [-0.25, -0.2) is 4.98 Å². The molecule has 0 fully saturated rings. The molecule has 0 amide bonds. The molecule has 0 aliphatic carbocycles. The maximum absolute atomic E-state index is 10.6. The molecule has 9 heteroatoms. The Hall–Kier alpha value is -3.65. The zero-order chi connectivity index (χ0) is 20.6. The summed E-state index contributed by atoms with van der Waals surface area (Å²) in [7, 11) is 1.55.